The summed E-state index contributed by atoms with van der Waals surface area (Å²) in [4.78, 5) is 13.3. The Morgan fingerprint density at radius 1 is 1.39 bits per heavy atom. The smallest absolute Gasteiger partial charge is 0.319 e. The van der Waals surface area contributed by atoms with Crippen LogP contribution in [0, 0.1) is 17.1 Å². The number of urea groups is 1. The fourth-order valence-electron chi connectivity index (χ4n) is 1.98. The zero-order valence-corrected chi connectivity index (χ0v) is 9.77. The van der Waals surface area contributed by atoms with Crippen LogP contribution in [-0.4, -0.2) is 29.0 Å². The number of nitriles is 1. The van der Waals surface area contributed by atoms with E-state index in [1.165, 1.54) is 6.07 Å². The van der Waals surface area contributed by atoms with Crippen LogP contribution in [0.5, 0.6) is 0 Å². The van der Waals surface area contributed by atoms with Crippen LogP contribution in [0.4, 0.5) is 9.18 Å². The average Bonchev–Trinajstić information content (AvgIpc) is 2.34. The van der Waals surface area contributed by atoms with Gasteiger partial charge in [-0.25, -0.2) is 15.0 Å². The highest BCUT2D eigenvalue weighted by molar-refractivity contribution is 5.74. The topological polar surface area (TPSA) is 73.4 Å². The highest BCUT2D eigenvalue weighted by atomic mass is 19.1. The highest BCUT2D eigenvalue weighted by Gasteiger charge is 2.23. The molecule has 2 N–H and O–H groups in total. The van der Waals surface area contributed by atoms with Crippen LogP contribution in [0.15, 0.2) is 18.2 Å². The molecule has 1 aromatic rings. The van der Waals surface area contributed by atoms with Crippen molar-refractivity contribution in [3.8, 4) is 6.07 Å². The van der Waals surface area contributed by atoms with Gasteiger partial charge in [-0.15, -0.1) is 0 Å². The largest absolute Gasteiger partial charge is 0.334 e. The van der Waals surface area contributed by atoms with E-state index in [2.05, 4.69) is 0 Å². The van der Waals surface area contributed by atoms with Crippen LogP contribution < -0.4 is 5.84 Å². The third-order valence-electron chi connectivity index (χ3n) is 2.80. The van der Waals surface area contributed by atoms with Crippen LogP contribution in [0.3, 0.4) is 0 Å². The average molecular weight is 248 g/mol. The van der Waals surface area contributed by atoms with Gasteiger partial charge in [-0.05, 0) is 30.2 Å². The number of benzene rings is 1. The first-order chi connectivity index (χ1) is 8.60. The lowest BCUT2D eigenvalue weighted by Crippen LogP contribution is -2.52. The number of carbonyl (C=O) groups is 1. The van der Waals surface area contributed by atoms with Crippen molar-refractivity contribution in [2.24, 2.45) is 5.84 Å². The highest BCUT2D eigenvalue weighted by Crippen LogP contribution is 2.14. The zero-order chi connectivity index (χ0) is 13.1. The lowest BCUT2D eigenvalue weighted by Gasteiger charge is -2.32. The molecule has 0 bridgehead atoms. The molecule has 5 nitrogen and oxygen atoms in total. The molecule has 1 heterocycles. The first-order valence-electron chi connectivity index (χ1n) is 5.61. The molecule has 0 aliphatic carbocycles. The maximum atomic E-state index is 13.3. The number of hydrogen-bond donors (Lipinski definition) is 1. The molecule has 1 aromatic carbocycles. The molecule has 1 aliphatic heterocycles. The van der Waals surface area contributed by atoms with Gasteiger partial charge in [0, 0.05) is 19.6 Å². The molecule has 94 valence electrons. The molecule has 0 radical (unpaired) electrons. The molecule has 2 rings (SSSR count). The van der Waals surface area contributed by atoms with Crippen molar-refractivity contribution in [3.63, 3.8) is 0 Å². The number of carbonyl (C=O) groups excluding carboxylic acids is 1. The normalized spacial score (nSPS) is 15.7. The molecule has 0 atom stereocenters. The summed E-state index contributed by atoms with van der Waals surface area (Å²) in [6, 6.07) is 5.67. The first-order valence-corrected chi connectivity index (χ1v) is 5.61. The van der Waals surface area contributed by atoms with E-state index in [9.17, 15) is 9.18 Å². The van der Waals surface area contributed by atoms with E-state index >= 15 is 0 Å². The summed E-state index contributed by atoms with van der Waals surface area (Å²) in [6.45, 7) is 1.38. The lowest BCUT2D eigenvalue weighted by atomic mass is 10.1. The second kappa shape index (κ2) is 5.02. The standard InChI is InChI=1S/C12H13FN4O/c13-11-5-9(7-14)4-10(6-11)8-16-2-1-3-17(15)12(16)18/h4-6H,1-3,8,15H2. The van der Waals surface area contributed by atoms with Gasteiger partial charge in [-0.3, -0.25) is 5.01 Å². The van der Waals surface area contributed by atoms with Crippen molar-refractivity contribution in [1.29, 1.82) is 5.26 Å². The van der Waals surface area contributed by atoms with E-state index in [1.807, 2.05) is 6.07 Å². The van der Waals surface area contributed by atoms with E-state index in [1.54, 1.807) is 11.0 Å². The van der Waals surface area contributed by atoms with E-state index in [-0.39, 0.29) is 18.1 Å². The molecule has 18 heavy (non-hydrogen) atoms. The summed E-state index contributed by atoms with van der Waals surface area (Å²) in [5.41, 5.74) is 0.842. The van der Waals surface area contributed by atoms with Gasteiger partial charge < -0.3 is 4.90 Å². The number of hydrazine groups is 1. The van der Waals surface area contributed by atoms with Crippen molar-refractivity contribution >= 4 is 6.03 Å². The van der Waals surface area contributed by atoms with Crippen LogP contribution >= 0.6 is 0 Å². The second-order valence-electron chi connectivity index (χ2n) is 4.21. The fraction of sp³-hybridized carbons (Fsp3) is 0.333. The van der Waals surface area contributed by atoms with Gasteiger partial charge >= 0.3 is 6.03 Å². The van der Waals surface area contributed by atoms with Gasteiger partial charge in [0.15, 0.2) is 0 Å². The van der Waals surface area contributed by atoms with Crippen LogP contribution in [0.2, 0.25) is 0 Å². The molecular formula is C12H13FN4O. The van der Waals surface area contributed by atoms with Crippen LogP contribution in [0.1, 0.15) is 17.5 Å². The third-order valence-corrected chi connectivity index (χ3v) is 2.80. The van der Waals surface area contributed by atoms with E-state index in [0.29, 0.717) is 18.7 Å². The Balaban J connectivity index is 2.16. The number of hydrogen-bond acceptors (Lipinski definition) is 3. The Morgan fingerprint density at radius 3 is 2.89 bits per heavy atom. The van der Waals surface area contributed by atoms with Gasteiger partial charge in [0.2, 0.25) is 0 Å². The van der Waals surface area contributed by atoms with Crippen molar-refractivity contribution in [1.82, 2.24) is 9.91 Å². The predicted octanol–water partition coefficient (Wildman–Crippen LogP) is 1.20. The molecule has 6 heteroatoms. The van der Waals surface area contributed by atoms with Crippen LogP contribution in [-0.2, 0) is 6.54 Å². The Labute approximate surface area is 104 Å². The second-order valence-corrected chi connectivity index (χ2v) is 4.21. The van der Waals surface area contributed by atoms with Crippen molar-refractivity contribution in [3.05, 3.63) is 35.1 Å². The van der Waals surface area contributed by atoms with Gasteiger partial charge in [0.05, 0.1) is 11.6 Å². The van der Waals surface area contributed by atoms with Gasteiger partial charge in [-0.1, -0.05) is 0 Å². The summed E-state index contributed by atoms with van der Waals surface area (Å²) >= 11 is 0. The first kappa shape index (κ1) is 12.3. The van der Waals surface area contributed by atoms with E-state index in [4.69, 9.17) is 11.1 Å². The minimum absolute atomic E-state index is 0.249. The van der Waals surface area contributed by atoms with Gasteiger partial charge in [0.25, 0.3) is 0 Å². The lowest BCUT2D eigenvalue weighted by molar-refractivity contribution is 0.127. The van der Waals surface area contributed by atoms with Gasteiger partial charge in [0.1, 0.15) is 5.82 Å². The fourth-order valence-corrected chi connectivity index (χ4v) is 1.98. The monoisotopic (exact) mass is 248 g/mol. The summed E-state index contributed by atoms with van der Waals surface area (Å²) in [7, 11) is 0. The summed E-state index contributed by atoms with van der Waals surface area (Å²) in [5.74, 6) is 5.05. The minimum Gasteiger partial charge on any atom is -0.319 e. The SMILES string of the molecule is N#Cc1cc(F)cc(CN2CCCN(N)C2=O)c1. The molecule has 0 saturated carbocycles. The number of nitrogens with zero attached hydrogens (tertiary/aromatic N) is 3. The minimum atomic E-state index is -0.474. The maximum absolute atomic E-state index is 13.3. The predicted molar refractivity (Wildman–Crippen MR) is 62.4 cm³/mol. The van der Waals surface area contributed by atoms with Crippen molar-refractivity contribution in [2.75, 3.05) is 13.1 Å². The molecular weight excluding hydrogens is 235 g/mol. The quantitative estimate of drug-likeness (QED) is 0.631. The Morgan fingerprint density at radius 2 is 2.17 bits per heavy atom. The Kier molecular flexibility index (Phi) is 3.44. The van der Waals surface area contributed by atoms with E-state index < -0.39 is 5.82 Å². The number of halogens is 1. The van der Waals surface area contributed by atoms with Crippen molar-refractivity contribution in [2.45, 2.75) is 13.0 Å². The number of amides is 2. The summed E-state index contributed by atoms with van der Waals surface area (Å²) < 4.78 is 13.3. The van der Waals surface area contributed by atoms with Gasteiger partial charge in [-0.2, -0.15) is 5.26 Å². The summed E-state index contributed by atoms with van der Waals surface area (Å²) in [5, 5.41) is 9.91. The molecule has 1 aliphatic rings. The molecule has 0 unspecified atom stereocenters. The molecule has 0 spiro atoms. The van der Waals surface area contributed by atoms with Crippen molar-refractivity contribution < 1.29 is 9.18 Å². The zero-order valence-electron chi connectivity index (χ0n) is 9.77. The Hall–Kier alpha value is -2.13. The third kappa shape index (κ3) is 2.57. The number of rotatable bonds is 2. The molecule has 0 aromatic heterocycles. The van der Waals surface area contributed by atoms with Crippen LogP contribution in [0.25, 0.3) is 0 Å². The maximum Gasteiger partial charge on any atom is 0.334 e. The van der Waals surface area contributed by atoms with E-state index in [0.717, 1.165) is 17.5 Å². The number of nitrogens with two attached hydrogens (primary N) is 1. The Bertz CT molecular complexity index is 511. The molecule has 1 fully saturated rings. The molecule has 2 amide bonds. The molecule has 1 saturated heterocycles. The summed E-state index contributed by atoms with van der Waals surface area (Å²) in [6.07, 6.45) is 0.780.